The highest BCUT2D eigenvalue weighted by molar-refractivity contribution is 7.91. The van der Waals surface area contributed by atoms with Crippen LogP contribution in [0, 0.1) is 6.92 Å². The summed E-state index contributed by atoms with van der Waals surface area (Å²) in [6.07, 6.45) is 3.06. The van der Waals surface area contributed by atoms with Crippen molar-refractivity contribution >= 4 is 21.4 Å². The molecule has 1 aliphatic heterocycles. The largest absolute Gasteiger partial charge is 0.315 e. The van der Waals surface area contributed by atoms with Crippen LogP contribution in [0.15, 0.2) is 10.3 Å². The van der Waals surface area contributed by atoms with E-state index in [2.05, 4.69) is 5.32 Å². The van der Waals surface area contributed by atoms with Crippen LogP contribution in [0.2, 0.25) is 0 Å². The lowest BCUT2D eigenvalue weighted by molar-refractivity contribution is 0.269. The second-order valence-corrected chi connectivity index (χ2v) is 8.42. The number of rotatable bonds is 4. The quantitative estimate of drug-likeness (QED) is 0.929. The Morgan fingerprint density at radius 3 is 2.84 bits per heavy atom. The van der Waals surface area contributed by atoms with Gasteiger partial charge in [0.05, 0.1) is 0 Å². The molecule has 1 fully saturated rings. The molecule has 0 spiro atoms. The van der Waals surface area contributed by atoms with E-state index in [9.17, 15) is 8.42 Å². The molecule has 0 bridgehead atoms. The smallest absolute Gasteiger partial charge is 0.252 e. The minimum absolute atomic E-state index is 0.119. The summed E-state index contributed by atoms with van der Waals surface area (Å²) in [7, 11) is -1.43. The van der Waals surface area contributed by atoms with Crippen LogP contribution in [0.3, 0.4) is 0 Å². The standard InChI is InChI=1S/C13H22N2O2S2/c1-10-8-13(18-12(10)9-14-3)19(16,17)15-7-5-4-6-11(15)2/h8,11,14H,4-7,9H2,1-3H3. The fourth-order valence-corrected chi connectivity index (χ4v) is 5.93. The van der Waals surface area contributed by atoms with Crippen LogP contribution in [0.25, 0.3) is 0 Å². The van der Waals surface area contributed by atoms with Gasteiger partial charge in [0.15, 0.2) is 0 Å². The number of nitrogens with zero attached hydrogens (tertiary/aromatic N) is 1. The molecule has 2 rings (SSSR count). The molecule has 1 N–H and O–H groups in total. The fourth-order valence-electron chi connectivity index (χ4n) is 2.50. The van der Waals surface area contributed by atoms with Gasteiger partial charge in [-0.3, -0.25) is 0 Å². The SMILES string of the molecule is CNCc1sc(S(=O)(=O)N2CCCCC2C)cc1C. The minimum Gasteiger partial charge on any atom is -0.315 e. The molecule has 0 amide bonds. The molecular formula is C13H22N2O2S2. The average molecular weight is 302 g/mol. The third-order valence-electron chi connectivity index (χ3n) is 3.64. The van der Waals surface area contributed by atoms with Gasteiger partial charge in [-0.05, 0) is 45.4 Å². The van der Waals surface area contributed by atoms with Crippen LogP contribution in [0.5, 0.6) is 0 Å². The van der Waals surface area contributed by atoms with E-state index in [1.54, 1.807) is 4.31 Å². The van der Waals surface area contributed by atoms with Gasteiger partial charge in [-0.1, -0.05) is 6.42 Å². The van der Waals surface area contributed by atoms with E-state index in [1.165, 1.54) is 11.3 Å². The summed E-state index contributed by atoms with van der Waals surface area (Å²) >= 11 is 1.39. The Morgan fingerprint density at radius 2 is 2.21 bits per heavy atom. The summed E-state index contributed by atoms with van der Waals surface area (Å²) in [5.41, 5.74) is 1.06. The topological polar surface area (TPSA) is 49.4 Å². The van der Waals surface area contributed by atoms with E-state index in [1.807, 2.05) is 27.0 Å². The second-order valence-electron chi connectivity index (χ2n) is 5.16. The Balaban J connectivity index is 2.30. The van der Waals surface area contributed by atoms with Crippen molar-refractivity contribution in [1.82, 2.24) is 9.62 Å². The van der Waals surface area contributed by atoms with Crippen LogP contribution >= 0.6 is 11.3 Å². The zero-order chi connectivity index (χ0) is 14.0. The zero-order valence-corrected chi connectivity index (χ0v) is 13.4. The molecule has 0 aromatic carbocycles. The molecule has 108 valence electrons. The van der Waals surface area contributed by atoms with Crippen molar-refractivity contribution in [2.24, 2.45) is 0 Å². The van der Waals surface area contributed by atoms with Gasteiger partial charge in [0.2, 0.25) is 0 Å². The monoisotopic (exact) mass is 302 g/mol. The Morgan fingerprint density at radius 1 is 1.47 bits per heavy atom. The van der Waals surface area contributed by atoms with Crippen LogP contribution in [0.4, 0.5) is 0 Å². The highest BCUT2D eigenvalue weighted by atomic mass is 32.2. The van der Waals surface area contributed by atoms with E-state index in [0.717, 1.165) is 36.2 Å². The number of piperidine rings is 1. The molecule has 2 heterocycles. The van der Waals surface area contributed by atoms with Gasteiger partial charge >= 0.3 is 0 Å². The normalized spacial score (nSPS) is 21.7. The number of aryl methyl sites for hydroxylation is 1. The lowest BCUT2D eigenvalue weighted by Gasteiger charge is -2.31. The Hall–Kier alpha value is -0.430. The van der Waals surface area contributed by atoms with Crippen molar-refractivity contribution in [3.05, 3.63) is 16.5 Å². The molecule has 1 atom stereocenters. The maximum atomic E-state index is 12.7. The lowest BCUT2D eigenvalue weighted by Crippen LogP contribution is -2.41. The van der Waals surface area contributed by atoms with E-state index in [-0.39, 0.29) is 6.04 Å². The summed E-state index contributed by atoms with van der Waals surface area (Å²) < 4.78 is 27.5. The average Bonchev–Trinajstić information content (AvgIpc) is 2.73. The van der Waals surface area contributed by atoms with Gasteiger partial charge in [0.25, 0.3) is 10.0 Å². The number of hydrogen-bond acceptors (Lipinski definition) is 4. The van der Waals surface area contributed by atoms with Crippen LogP contribution in [0.1, 0.15) is 36.6 Å². The zero-order valence-electron chi connectivity index (χ0n) is 11.8. The summed E-state index contributed by atoms with van der Waals surface area (Å²) in [6.45, 7) is 5.36. The molecule has 1 aromatic rings. The summed E-state index contributed by atoms with van der Waals surface area (Å²) in [4.78, 5) is 1.10. The summed E-state index contributed by atoms with van der Waals surface area (Å²) in [5.74, 6) is 0. The molecule has 0 aliphatic carbocycles. The second kappa shape index (κ2) is 5.91. The van der Waals surface area contributed by atoms with Gasteiger partial charge in [0.1, 0.15) is 4.21 Å². The van der Waals surface area contributed by atoms with Crippen molar-refractivity contribution in [3.63, 3.8) is 0 Å². The van der Waals surface area contributed by atoms with Gasteiger partial charge in [0, 0.05) is 24.0 Å². The highest BCUT2D eigenvalue weighted by Crippen LogP contribution is 2.31. The molecular weight excluding hydrogens is 280 g/mol. The van der Waals surface area contributed by atoms with Crippen molar-refractivity contribution in [2.75, 3.05) is 13.6 Å². The van der Waals surface area contributed by atoms with Gasteiger partial charge in [-0.25, -0.2) is 8.42 Å². The predicted octanol–water partition coefficient (Wildman–Crippen LogP) is 2.34. The van der Waals surface area contributed by atoms with Crippen molar-refractivity contribution in [1.29, 1.82) is 0 Å². The third-order valence-corrected chi connectivity index (χ3v) is 7.34. The molecule has 1 aromatic heterocycles. The van der Waals surface area contributed by atoms with Crippen molar-refractivity contribution in [3.8, 4) is 0 Å². The van der Waals surface area contributed by atoms with E-state index >= 15 is 0 Å². The highest BCUT2D eigenvalue weighted by Gasteiger charge is 2.32. The first-order chi connectivity index (χ1) is 8.96. The van der Waals surface area contributed by atoms with Gasteiger partial charge < -0.3 is 5.32 Å². The number of sulfonamides is 1. The Bertz CT molecular complexity index is 537. The first-order valence-corrected chi connectivity index (χ1v) is 8.98. The minimum atomic E-state index is -3.31. The third kappa shape index (κ3) is 3.02. The molecule has 1 unspecified atom stereocenters. The lowest BCUT2D eigenvalue weighted by atomic mass is 10.1. The van der Waals surface area contributed by atoms with E-state index in [0.29, 0.717) is 10.8 Å². The molecule has 6 heteroatoms. The van der Waals surface area contributed by atoms with Crippen molar-refractivity contribution in [2.45, 2.75) is 49.9 Å². The number of thiophene rings is 1. The van der Waals surface area contributed by atoms with Gasteiger partial charge in [-0.2, -0.15) is 4.31 Å². The van der Waals surface area contributed by atoms with E-state index < -0.39 is 10.0 Å². The Kier molecular flexibility index (Phi) is 4.66. The predicted molar refractivity (Wildman–Crippen MR) is 79.0 cm³/mol. The molecule has 4 nitrogen and oxygen atoms in total. The Labute approximate surface area is 119 Å². The van der Waals surface area contributed by atoms with E-state index in [4.69, 9.17) is 0 Å². The molecule has 1 saturated heterocycles. The van der Waals surface area contributed by atoms with Crippen LogP contribution in [-0.2, 0) is 16.6 Å². The molecule has 19 heavy (non-hydrogen) atoms. The first kappa shape index (κ1) is 15.0. The first-order valence-electron chi connectivity index (χ1n) is 6.72. The molecule has 0 saturated carbocycles. The van der Waals surface area contributed by atoms with Crippen LogP contribution in [-0.4, -0.2) is 32.4 Å². The summed E-state index contributed by atoms with van der Waals surface area (Å²) in [6, 6.07) is 1.93. The molecule has 1 aliphatic rings. The fraction of sp³-hybridized carbons (Fsp3) is 0.692. The summed E-state index contributed by atoms with van der Waals surface area (Å²) in [5, 5.41) is 3.08. The number of hydrogen-bond donors (Lipinski definition) is 1. The maximum absolute atomic E-state index is 12.7. The number of nitrogens with one attached hydrogen (secondary N) is 1. The van der Waals surface area contributed by atoms with Crippen molar-refractivity contribution < 1.29 is 8.42 Å². The van der Waals surface area contributed by atoms with Crippen LogP contribution < -0.4 is 5.32 Å². The maximum Gasteiger partial charge on any atom is 0.252 e. The van der Waals surface area contributed by atoms with Gasteiger partial charge in [-0.15, -0.1) is 11.3 Å². The molecule has 0 radical (unpaired) electrons.